The number of fused-ring (bicyclic) bond motifs is 6. The summed E-state index contributed by atoms with van der Waals surface area (Å²) in [5, 5.41) is 93.8. The first kappa shape index (κ1) is 32.4. The third kappa shape index (κ3) is 3.54. The van der Waals surface area contributed by atoms with Crippen LogP contribution in [0.25, 0.3) is 0 Å². The molecule has 2 aromatic carbocycles. The van der Waals surface area contributed by atoms with Crippen LogP contribution in [0.15, 0.2) is 60.2 Å². The first-order valence-electron chi connectivity index (χ1n) is 17.2. The van der Waals surface area contributed by atoms with Gasteiger partial charge in [0, 0.05) is 18.8 Å². The fourth-order valence-electron chi connectivity index (χ4n) is 11.2. The molecule has 2 aromatic rings. The fourth-order valence-corrected chi connectivity index (χ4v) is 11.2. The Morgan fingerprint density at radius 2 is 1.52 bits per heavy atom. The lowest BCUT2D eigenvalue weighted by atomic mass is 9.49. The van der Waals surface area contributed by atoms with E-state index in [1.165, 1.54) is 55.5 Å². The number of carbonyl (C=O) groups excluding carboxylic acids is 2. The first-order chi connectivity index (χ1) is 23.4. The average molecular weight is 689 g/mol. The zero-order chi connectivity index (χ0) is 35.6. The Morgan fingerprint density at radius 1 is 0.840 bits per heavy atom. The number of Topliss-reactive ketones (excluding diaryl/α,β-unsaturated/α-hetero) is 2. The van der Waals surface area contributed by atoms with E-state index < -0.39 is 86.7 Å². The molecule has 0 amide bonds. The van der Waals surface area contributed by atoms with Gasteiger partial charge in [-0.25, -0.2) is 0 Å². The molecule has 9 rings (SSSR count). The van der Waals surface area contributed by atoms with Crippen LogP contribution in [0.4, 0.5) is 0 Å². The number of ether oxygens (including phenoxy) is 2. The van der Waals surface area contributed by atoms with Crippen molar-refractivity contribution in [3.05, 3.63) is 82.5 Å². The Bertz CT molecular complexity index is 1970. The lowest BCUT2D eigenvalue weighted by Gasteiger charge is -2.62. The van der Waals surface area contributed by atoms with E-state index in [1.54, 1.807) is 13.0 Å². The van der Waals surface area contributed by atoms with Crippen molar-refractivity contribution in [1.82, 2.24) is 0 Å². The lowest BCUT2D eigenvalue weighted by Crippen LogP contribution is -2.77. The summed E-state index contributed by atoms with van der Waals surface area (Å²) in [7, 11) is 0. The van der Waals surface area contributed by atoms with Gasteiger partial charge in [-0.3, -0.25) is 9.59 Å². The first-order valence-corrected chi connectivity index (χ1v) is 17.2. The molecule has 12 atom stereocenters. The van der Waals surface area contributed by atoms with Crippen molar-refractivity contribution in [1.29, 1.82) is 0 Å². The predicted octanol–water partition coefficient (Wildman–Crippen LogP) is 1.61. The molecular formula is C38H40O12. The molecule has 264 valence electrons. The molecule has 12 nitrogen and oxygen atoms in total. The van der Waals surface area contributed by atoms with Crippen LogP contribution in [0, 0.1) is 11.8 Å². The summed E-state index contributed by atoms with van der Waals surface area (Å²) in [5.41, 5.74) is -12.5. The van der Waals surface area contributed by atoms with Crippen molar-refractivity contribution in [2.45, 2.75) is 110 Å². The van der Waals surface area contributed by atoms with Crippen LogP contribution in [-0.4, -0.2) is 97.7 Å². The van der Waals surface area contributed by atoms with E-state index in [1.807, 2.05) is 0 Å². The molecule has 0 unspecified atom stereocenters. The largest absolute Gasteiger partial charge is 0.507 e. The van der Waals surface area contributed by atoms with Crippen LogP contribution in [-0.2, 0) is 4.74 Å². The molecule has 0 spiro atoms. The van der Waals surface area contributed by atoms with Crippen molar-refractivity contribution in [2.75, 3.05) is 0 Å². The maximum absolute atomic E-state index is 14.8. The number of hydrogen-bond donors (Lipinski definition) is 8. The van der Waals surface area contributed by atoms with Crippen LogP contribution >= 0.6 is 0 Å². The van der Waals surface area contributed by atoms with Crippen molar-refractivity contribution in [3.63, 3.8) is 0 Å². The number of benzene rings is 2. The maximum Gasteiger partial charge on any atom is 0.213 e. The number of rotatable bonds is 2. The summed E-state index contributed by atoms with van der Waals surface area (Å²) in [6.45, 7) is 3.30. The van der Waals surface area contributed by atoms with Gasteiger partial charge in [0.15, 0.2) is 11.2 Å². The quantitative estimate of drug-likeness (QED) is 0.167. The van der Waals surface area contributed by atoms with Crippen molar-refractivity contribution in [3.8, 4) is 11.5 Å². The van der Waals surface area contributed by atoms with E-state index in [4.69, 9.17) is 9.47 Å². The lowest BCUT2D eigenvalue weighted by molar-refractivity contribution is -0.265. The van der Waals surface area contributed by atoms with E-state index in [0.29, 0.717) is 0 Å². The number of aliphatic hydroxyl groups excluding tert-OH is 3. The Kier molecular flexibility index (Phi) is 6.16. The van der Waals surface area contributed by atoms with Crippen molar-refractivity contribution in [2.24, 2.45) is 11.8 Å². The molecule has 0 bridgehead atoms. The third-order valence-electron chi connectivity index (χ3n) is 13.2. The molecular weight excluding hydrogens is 648 g/mol. The summed E-state index contributed by atoms with van der Waals surface area (Å²) in [4.78, 5) is 29.5. The van der Waals surface area contributed by atoms with Gasteiger partial charge in [0.25, 0.3) is 0 Å². The fraction of sp³-hybridized carbons (Fsp3) is 0.526. The topological polar surface area (TPSA) is 218 Å². The molecule has 12 heteroatoms. The number of phenolic OH excluding ortho intramolecular Hbond substituents is 1. The van der Waals surface area contributed by atoms with E-state index in [9.17, 15) is 50.4 Å². The SMILES string of the molecule is CC1=C[C@@H](O)[C@H]2[C@](O)(CC[C@]34O[C@]23[C@@H](O)c2cccc(O[C@]35CC[C@]6(O)C[C@@](C)(O)C=C[C@@H]6[C@]3(O)[C@@H](O)c3cccc(O)c3C5=O)c2C4=O)C1. The number of carbonyl (C=O) groups is 2. The van der Waals surface area contributed by atoms with Crippen molar-refractivity contribution >= 4 is 11.6 Å². The number of epoxide rings is 1. The highest BCUT2D eigenvalue weighted by atomic mass is 16.7. The second-order valence-corrected chi connectivity index (χ2v) is 16.1. The standard InChI is InChI=1S/C38H40O12/c1-18-15-22(40)27-33(46,16-18)11-14-36-31(44)26-20(29(42)38(27,36)50-36)6-4-8-23(26)49-35-13-12-34(47)17-32(2,45)10-9-24(34)37(35,48)28(41)19-5-3-7-21(39)25(19)30(35)43/h3-10,15,22,24,27-29,39-42,45-48H,11-14,16-17H2,1-2H3/t22-,24+,27+,28+,29+,32+,33+,34+,35+,36-,37+,38+/m1/s1. The summed E-state index contributed by atoms with van der Waals surface area (Å²) < 4.78 is 12.9. The van der Waals surface area contributed by atoms with Gasteiger partial charge in [-0.15, -0.1) is 0 Å². The Hall–Kier alpha value is -3.46. The molecule has 3 fully saturated rings. The molecule has 50 heavy (non-hydrogen) atoms. The summed E-state index contributed by atoms with van der Waals surface area (Å²) in [6, 6.07) is 8.49. The second-order valence-electron chi connectivity index (χ2n) is 16.1. The number of aromatic hydroxyl groups is 1. The smallest absolute Gasteiger partial charge is 0.213 e. The molecule has 0 radical (unpaired) electrons. The van der Waals surface area contributed by atoms with E-state index in [0.717, 1.165) is 5.57 Å². The molecule has 0 aromatic heterocycles. The molecule has 8 N–H and O–H groups in total. The Balaban J connectivity index is 1.22. The number of hydrogen-bond acceptors (Lipinski definition) is 12. The third-order valence-corrected chi connectivity index (χ3v) is 13.2. The van der Waals surface area contributed by atoms with E-state index >= 15 is 0 Å². The Morgan fingerprint density at radius 3 is 2.26 bits per heavy atom. The van der Waals surface area contributed by atoms with Gasteiger partial charge in [-0.1, -0.05) is 48.1 Å². The highest BCUT2D eigenvalue weighted by Gasteiger charge is 2.87. The highest BCUT2D eigenvalue weighted by molar-refractivity contribution is 6.12. The van der Waals surface area contributed by atoms with Crippen molar-refractivity contribution < 1.29 is 59.9 Å². The van der Waals surface area contributed by atoms with E-state index in [2.05, 4.69) is 0 Å². The minimum Gasteiger partial charge on any atom is -0.507 e. The molecule has 1 heterocycles. The number of phenols is 1. The van der Waals surface area contributed by atoms with Gasteiger partial charge in [0.1, 0.15) is 29.3 Å². The molecule has 7 aliphatic rings. The van der Waals surface area contributed by atoms with Gasteiger partial charge in [-0.2, -0.15) is 0 Å². The molecule has 2 saturated carbocycles. The molecule has 6 aliphatic carbocycles. The zero-order valence-corrected chi connectivity index (χ0v) is 27.5. The number of ketones is 2. The predicted molar refractivity (Wildman–Crippen MR) is 172 cm³/mol. The normalized spacial score (nSPS) is 48.1. The monoisotopic (exact) mass is 688 g/mol. The van der Waals surface area contributed by atoms with Gasteiger partial charge >= 0.3 is 0 Å². The minimum absolute atomic E-state index is 0.0392. The maximum atomic E-state index is 14.8. The Labute approximate surface area is 286 Å². The summed E-state index contributed by atoms with van der Waals surface area (Å²) in [5.74, 6) is -4.48. The molecule has 1 saturated heterocycles. The van der Waals surface area contributed by atoms with Crippen LogP contribution in [0.2, 0.25) is 0 Å². The zero-order valence-electron chi connectivity index (χ0n) is 27.5. The van der Waals surface area contributed by atoms with Crippen LogP contribution in [0.1, 0.15) is 96.4 Å². The van der Waals surface area contributed by atoms with Crippen LogP contribution in [0.3, 0.4) is 0 Å². The van der Waals surface area contributed by atoms with Gasteiger partial charge in [0.05, 0.1) is 40.0 Å². The average Bonchev–Trinajstić information content (AvgIpc) is 3.74. The number of aliphatic hydroxyl groups is 7. The second kappa shape index (κ2) is 9.50. The van der Waals surface area contributed by atoms with Gasteiger partial charge in [0.2, 0.25) is 17.2 Å². The van der Waals surface area contributed by atoms with Crippen LogP contribution in [0.5, 0.6) is 11.5 Å². The van der Waals surface area contributed by atoms with Gasteiger partial charge < -0.3 is 50.3 Å². The summed E-state index contributed by atoms with van der Waals surface area (Å²) in [6.07, 6.45) is -0.601. The molecule has 1 aliphatic heterocycles. The van der Waals surface area contributed by atoms with E-state index in [-0.39, 0.29) is 66.5 Å². The van der Waals surface area contributed by atoms with Crippen LogP contribution < -0.4 is 4.74 Å². The minimum atomic E-state index is -2.58. The highest BCUT2D eigenvalue weighted by Crippen LogP contribution is 2.73. The summed E-state index contributed by atoms with van der Waals surface area (Å²) >= 11 is 0. The van der Waals surface area contributed by atoms with Gasteiger partial charge in [-0.05, 0) is 62.8 Å².